The van der Waals surface area contributed by atoms with Crippen LogP contribution in [0, 0.1) is 0 Å². The Kier molecular flexibility index (Phi) is 5.68. The van der Waals surface area contributed by atoms with Crippen LogP contribution in [-0.4, -0.2) is 38.8 Å². The van der Waals surface area contributed by atoms with E-state index in [4.69, 9.17) is 16.3 Å². The predicted molar refractivity (Wildman–Crippen MR) is 114 cm³/mol. The van der Waals surface area contributed by atoms with Crippen LogP contribution < -0.4 is 4.74 Å². The quantitative estimate of drug-likeness (QED) is 0.372. The van der Waals surface area contributed by atoms with Crippen molar-refractivity contribution in [3.05, 3.63) is 94.5 Å². The highest BCUT2D eigenvalue weighted by Crippen LogP contribution is 2.41. The number of aromatic nitrogens is 2. The highest BCUT2D eigenvalue weighted by molar-refractivity contribution is 6.46. The molecule has 0 aliphatic carbocycles. The zero-order chi connectivity index (χ0) is 22.0. The van der Waals surface area contributed by atoms with Gasteiger partial charge in [-0.25, -0.2) is 0 Å². The van der Waals surface area contributed by atoms with Gasteiger partial charge in [0.25, 0.3) is 11.7 Å². The molecule has 2 aromatic heterocycles. The van der Waals surface area contributed by atoms with Crippen LogP contribution in [0.25, 0.3) is 5.76 Å². The number of hydrogen-bond acceptors (Lipinski definition) is 6. The first-order valence-corrected chi connectivity index (χ1v) is 9.80. The summed E-state index contributed by atoms with van der Waals surface area (Å²) in [7, 11) is 1.45. The van der Waals surface area contributed by atoms with Crippen LogP contribution in [-0.2, 0) is 16.1 Å². The van der Waals surface area contributed by atoms with Gasteiger partial charge in [-0.1, -0.05) is 17.7 Å². The highest BCUT2D eigenvalue weighted by Gasteiger charge is 2.46. The molecule has 156 valence electrons. The maximum absolute atomic E-state index is 13.1. The molecule has 1 atom stereocenters. The molecule has 3 heterocycles. The Morgan fingerprint density at radius 3 is 2.58 bits per heavy atom. The Bertz CT molecular complexity index is 1170. The van der Waals surface area contributed by atoms with Crippen molar-refractivity contribution in [3.63, 3.8) is 0 Å². The third-order valence-corrected chi connectivity index (χ3v) is 5.29. The summed E-state index contributed by atoms with van der Waals surface area (Å²) in [6.07, 6.45) is 6.39. The predicted octanol–water partition coefficient (Wildman–Crippen LogP) is 3.76. The van der Waals surface area contributed by atoms with Gasteiger partial charge in [0, 0.05) is 36.4 Å². The van der Waals surface area contributed by atoms with Gasteiger partial charge in [-0.3, -0.25) is 19.6 Å². The summed E-state index contributed by atoms with van der Waals surface area (Å²) in [6, 6.07) is 10.9. The molecule has 1 amide bonds. The monoisotopic (exact) mass is 435 g/mol. The summed E-state index contributed by atoms with van der Waals surface area (Å²) in [5.41, 5.74) is 1.58. The Labute approximate surface area is 183 Å². The van der Waals surface area contributed by atoms with Crippen LogP contribution in [0.5, 0.6) is 5.75 Å². The first-order chi connectivity index (χ1) is 15.0. The third-order valence-electron chi connectivity index (χ3n) is 5.05. The summed E-state index contributed by atoms with van der Waals surface area (Å²) >= 11 is 6.11. The SMILES string of the molecule is COc1ccc(Cl)cc1/C(O)=C1\C(=O)C(=O)N(Cc2cccnc2)[C@H]1c1ccncc1. The van der Waals surface area contributed by atoms with Gasteiger partial charge < -0.3 is 14.7 Å². The van der Waals surface area contributed by atoms with E-state index in [9.17, 15) is 14.7 Å². The number of aliphatic hydroxyl groups is 1. The number of amides is 1. The molecule has 1 N–H and O–H groups in total. The number of hydrogen-bond donors (Lipinski definition) is 1. The number of carbonyl (C=O) groups is 2. The molecule has 0 radical (unpaired) electrons. The molecule has 4 rings (SSSR count). The normalized spacial score (nSPS) is 17.7. The molecule has 1 aromatic carbocycles. The standard InChI is InChI=1S/C23H18ClN3O4/c1-31-18-5-4-16(24)11-17(18)21(28)19-20(15-6-9-25-10-7-15)27(23(30)22(19)29)13-14-3-2-8-26-12-14/h2-12,20,28H,13H2,1H3/b21-19+/t20-/m0/s1. The van der Waals surface area contributed by atoms with Gasteiger partial charge in [0.05, 0.1) is 24.3 Å². The minimum atomic E-state index is -0.813. The van der Waals surface area contributed by atoms with E-state index in [1.807, 2.05) is 6.07 Å². The maximum Gasteiger partial charge on any atom is 0.295 e. The zero-order valence-corrected chi connectivity index (χ0v) is 17.3. The van der Waals surface area contributed by atoms with Crippen molar-refractivity contribution in [2.45, 2.75) is 12.6 Å². The molecule has 7 nitrogen and oxygen atoms in total. The smallest absolute Gasteiger partial charge is 0.295 e. The van der Waals surface area contributed by atoms with Gasteiger partial charge in [-0.05, 0) is 47.5 Å². The average molecular weight is 436 g/mol. The Morgan fingerprint density at radius 2 is 1.90 bits per heavy atom. The molecule has 1 aliphatic rings. The van der Waals surface area contributed by atoms with E-state index in [-0.39, 0.29) is 23.4 Å². The summed E-state index contributed by atoms with van der Waals surface area (Å²) in [5.74, 6) is -1.53. The number of benzene rings is 1. The second-order valence-corrected chi connectivity index (χ2v) is 7.35. The molecule has 0 bridgehead atoms. The van der Waals surface area contributed by atoms with Gasteiger partial charge in [0.2, 0.25) is 0 Å². The minimum Gasteiger partial charge on any atom is -0.507 e. The lowest BCUT2D eigenvalue weighted by molar-refractivity contribution is -0.140. The second kappa shape index (κ2) is 8.57. The molecule has 1 saturated heterocycles. The van der Waals surface area contributed by atoms with E-state index in [0.29, 0.717) is 16.3 Å². The Balaban J connectivity index is 1.90. The van der Waals surface area contributed by atoms with Crippen LogP contribution in [0.1, 0.15) is 22.7 Å². The lowest BCUT2D eigenvalue weighted by Gasteiger charge is -2.25. The van der Waals surface area contributed by atoms with Crippen molar-refractivity contribution in [2.75, 3.05) is 7.11 Å². The van der Waals surface area contributed by atoms with Gasteiger partial charge >= 0.3 is 0 Å². The largest absolute Gasteiger partial charge is 0.507 e. The van der Waals surface area contributed by atoms with Crippen LogP contribution in [0.2, 0.25) is 5.02 Å². The van der Waals surface area contributed by atoms with E-state index >= 15 is 0 Å². The fourth-order valence-electron chi connectivity index (χ4n) is 3.63. The fraction of sp³-hybridized carbons (Fsp3) is 0.130. The molecule has 31 heavy (non-hydrogen) atoms. The number of Topliss-reactive ketones (excluding diaryl/α,β-unsaturated/α-hetero) is 1. The molecule has 0 spiro atoms. The lowest BCUT2D eigenvalue weighted by Crippen LogP contribution is -2.29. The number of ether oxygens (including phenoxy) is 1. The van der Waals surface area contributed by atoms with Crippen molar-refractivity contribution in [1.82, 2.24) is 14.9 Å². The van der Waals surface area contributed by atoms with Gasteiger partial charge in [0.1, 0.15) is 11.5 Å². The summed E-state index contributed by atoms with van der Waals surface area (Å²) in [5, 5.41) is 11.5. The Hall–Kier alpha value is -3.71. The number of pyridine rings is 2. The topological polar surface area (TPSA) is 92.6 Å². The van der Waals surface area contributed by atoms with Crippen LogP contribution in [0.15, 0.2) is 72.8 Å². The number of nitrogens with zero attached hydrogens (tertiary/aromatic N) is 3. The molecule has 1 aliphatic heterocycles. The van der Waals surface area contributed by atoms with Crippen molar-refractivity contribution in [1.29, 1.82) is 0 Å². The molecule has 0 unspecified atom stereocenters. The van der Waals surface area contributed by atoms with E-state index in [1.54, 1.807) is 55.1 Å². The first kappa shape index (κ1) is 20.6. The number of ketones is 1. The summed E-state index contributed by atoms with van der Waals surface area (Å²) in [6.45, 7) is 0.148. The first-order valence-electron chi connectivity index (χ1n) is 9.42. The van der Waals surface area contributed by atoms with Crippen molar-refractivity contribution >= 4 is 29.1 Å². The minimum absolute atomic E-state index is 0.0411. The summed E-state index contributed by atoms with van der Waals surface area (Å²) < 4.78 is 5.33. The van der Waals surface area contributed by atoms with Crippen molar-refractivity contribution in [3.8, 4) is 5.75 Å². The molecule has 1 fully saturated rings. The van der Waals surface area contributed by atoms with Gasteiger partial charge in [-0.2, -0.15) is 0 Å². The van der Waals surface area contributed by atoms with E-state index < -0.39 is 17.7 Å². The number of halogens is 1. The molecule has 8 heteroatoms. The molecular weight excluding hydrogens is 418 g/mol. The molecular formula is C23H18ClN3O4. The number of aliphatic hydroxyl groups excluding tert-OH is 1. The number of likely N-dealkylation sites (tertiary alicyclic amines) is 1. The lowest BCUT2D eigenvalue weighted by atomic mass is 9.95. The average Bonchev–Trinajstić information content (AvgIpc) is 3.04. The second-order valence-electron chi connectivity index (χ2n) is 6.91. The van der Waals surface area contributed by atoms with Crippen LogP contribution >= 0.6 is 11.6 Å². The van der Waals surface area contributed by atoms with Gasteiger partial charge in [-0.15, -0.1) is 0 Å². The number of carbonyl (C=O) groups excluding carboxylic acids is 2. The van der Waals surface area contributed by atoms with Crippen molar-refractivity contribution in [2.24, 2.45) is 0 Å². The Morgan fingerprint density at radius 1 is 1.13 bits per heavy atom. The van der Waals surface area contributed by atoms with E-state index in [2.05, 4.69) is 9.97 Å². The fourth-order valence-corrected chi connectivity index (χ4v) is 3.81. The van der Waals surface area contributed by atoms with Crippen LogP contribution in [0.3, 0.4) is 0 Å². The van der Waals surface area contributed by atoms with Crippen molar-refractivity contribution < 1.29 is 19.4 Å². The number of methoxy groups -OCH3 is 1. The zero-order valence-electron chi connectivity index (χ0n) is 16.5. The third kappa shape index (κ3) is 3.87. The number of rotatable bonds is 5. The molecule has 3 aromatic rings. The maximum atomic E-state index is 13.1. The van der Waals surface area contributed by atoms with Crippen LogP contribution in [0.4, 0.5) is 0 Å². The van der Waals surface area contributed by atoms with Gasteiger partial charge in [0.15, 0.2) is 0 Å². The summed E-state index contributed by atoms with van der Waals surface area (Å²) in [4.78, 5) is 35.6. The van der Waals surface area contributed by atoms with E-state index in [1.165, 1.54) is 18.1 Å². The molecule has 0 saturated carbocycles. The van der Waals surface area contributed by atoms with E-state index in [0.717, 1.165) is 5.56 Å². The highest BCUT2D eigenvalue weighted by atomic mass is 35.5.